The summed E-state index contributed by atoms with van der Waals surface area (Å²) < 4.78 is 23.7. The molecule has 0 fully saturated rings. The van der Waals surface area contributed by atoms with E-state index in [1.54, 1.807) is 24.3 Å². The second kappa shape index (κ2) is 7.23. The van der Waals surface area contributed by atoms with Crippen molar-refractivity contribution in [1.29, 1.82) is 5.26 Å². The molecule has 0 N–H and O–H groups in total. The van der Waals surface area contributed by atoms with Crippen LogP contribution in [-0.4, -0.2) is 13.1 Å². The number of nitriles is 1. The minimum Gasteiger partial charge on any atom is -0.489 e. The predicted octanol–water partition coefficient (Wildman–Crippen LogP) is 2.99. The number of halogens is 1. The monoisotopic (exact) mass is 299 g/mol. The summed E-state index contributed by atoms with van der Waals surface area (Å²) in [6, 6.07) is 13.0. The third-order valence-corrected chi connectivity index (χ3v) is 3.07. The van der Waals surface area contributed by atoms with E-state index in [0.717, 1.165) is 5.56 Å². The number of esters is 1. The molecule has 2 aromatic rings. The summed E-state index contributed by atoms with van der Waals surface area (Å²) in [6.07, 6.45) is 0.190. The lowest BCUT2D eigenvalue weighted by Gasteiger charge is -2.08. The van der Waals surface area contributed by atoms with Crippen molar-refractivity contribution in [2.75, 3.05) is 7.11 Å². The summed E-state index contributed by atoms with van der Waals surface area (Å²) in [7, 11) is 1.34. The number of carbonyl (C=O) groups excluding carboxylic acids is 1. The molecule has 2 aromatic carbocycles. The molecule has 4 nitrogen and oxygen atoms in total. The SMILES string of the molecule is COC(=O)Cc1ccc(OCc2cc(C#N)ccc2F)cc1. The van der Waals surface area contributed by atoms with Gasteiger partial charge in [0.05, 0.1) is 25.2 Å². The van der Waals surface area contributed by atoms with E-state index in [1.165, 1.54) is 25.3 Å². The van der Waals surface area contributed by atoms with Crippen molar-refractivity contribution in [1.82, 2.24) is 0 Å². The van der Waals surface area contributed by atoms with Crippen LogP contribution in [0.4, 0.5) is 4.39 Å². The molecule has 0 heterocycles. The highest BCUT2D eigenvalue weighted by molar-refractivity contribution is 5.72. The van der Waals surface area contributed by atoms with E-state index >= 15 is 0 Å². The van der Waals surface area contributed by atoms with Crippen LogP contribution in [0, 0.1) is 17.1 Å². The van der Waals surface area contributed by atoms with Crippen LogP contribution < -0.4 is 4.74 Å². The maximum absolute atomic E-state index is 13.6. The highest BCUT2D eigenvalue weighted by atomic mass is 19.1. The average Bonchev–Trinajstić information content (AvgIpc) is 2.55. The summed E-state index contributed by atoms with van der Waals surface area (Å²) in [5.41, 5.74) is 1.50. The molecule has 0 saturated heterocycles. The molecule has 22 heavy (non-hydrogen) atoms. The molecule has 0 aliphatic carbocycles. The van der Waals surface area contributed by atoms with Crippen LogP contribution >= 0.6 is 0 Å². The Morgan fingerprint density at radius 3 is 2.59 bits per heavy atom. The number of hydrogen-bond acceptors (Lipinski definition) is 4. The van der Waals surface area contributed by atoms with Gasteiger partial charge in [0.25, 0.3) is 0 Å². The van der Waals surface area contributed by atoms with E-state index < -0.39 is 5.82 Å². The first-order chi connectivity index (χ1) is 10.6. The Morgan fingerprint density at radius 1 is 1.23 bits per heavy atom. The first kappa shape index (κ1) is 15.5. The summed E-state index contributed by atoms with van der Waals surface area (Å²) in [5, 5.41) is 8.81. The van der Waals surface area contributed by atoms with Crippen molar-refractivity contribution >= 4 is 5.97 Å². The highest BCUT2D eigenvalue weighted by Gasteiger charge is 2.06. The second-order valence-electron chi connectivity index (χ2n) is 4.60. The zero-order valence-electron chi connectivity index (χ0n) is 12.0. The smallest absolute Gasteiger partial charge is 0.309 e. The molecule has 0 aliphatic heterocycles. The van der Waals surface area contributed by atoms with Gasteiger partial charge in [-0.05, 0) is 35.9 Å². The zero-order chi connectivity index (χ0) is 15.9. The second-order valence-corrected chi connectivity index (χ2v) is 4.60. The molecule has 0 saturated carbocycles. The molecule has 0 aliphatic rings. The maximum atomic E-state index is 13.6. The third-order valence-electron chi connectivity index (χ3n) is 3.07. The van der Waals surface area contributed by atoms with Crippen molar-refractivity contribution < 1.29 is 18.7 Å². The van der Waals surface area contributed by atoms with Crippen molar-refractivity contribution in [2.45, 2.75) is 13.0 Å². The molecule has 0 atom stereocenters. The van der Waals surface area contributed by atoms with Gasteiger partial charge in [-0.25, -0.2) is 4.39 Å². The van der Waals surface area contributed by atoms with Gasteiger partial charge in [-0.1, -0.05) is 12.1 Å². The first-order valence-corrected chi connectivity index (χ1v) is 6.59. The van der Waals surface area contributed by atoms with Gasteiger partial charge >= 0.3 is 5.97 Å². The molecule has 5 heteroatoms. The fraction of sp³-hybridized carbons (Fsp3) is 0.176. The molecular formula is C17H14FNO3. The van der Waals surface area contributed by atoms with Crippen molar-refractivity contribution in [3.63, 3.8) is 0 Å². The Balaban J connectivity index is 2.00. The zero-order valence-corrected chi connectivity index (χ0v) is 12.0. The van der Waals surface area contributed by atoms with Gasteiger partial charge in [0.15, 0.2) is 0 Å². The Hall–Kier alpha value is -2.87. The maximum Gasteiger partial charge on any atom is 0.309 e. The van der Waals surface area contributed by atoms with Gasteiger partial charge in [0.2, 0.25) is 0 Å². The highest BCUT2D eigenvalue weighted by Crippen LogP contribution is 2.17. The van der Waals surface area contributed by atoms with Gasteiger partial charge in [-0.15, -0.1) is 0 Å². The average molecular weight is 299 g/mol. The first-order valence-electron chi connectivity index (χ1n) is 6.59. The summed E-state index contributed by atoms with van der Waals surface area (Å²) in [5.74, 6) is -0.180. The van der Waals surface area contributed by atoms with E-state index in [9.17, 15) is 9.18 Å². The standard InChI is InChI=1S/C17H14FNO3/c1-21-17(20)9-12-2-5-15(6-3-12)22-11-14-8-13(10-19)4-7-16(14)18/h2-8H,9,11H2,1H3. The number of ether oxygens (including phenoxy) is 2. The van der Waals surface area contributed by atoms with E-state index in [-0.39, 0.29) is 19.0 Å². The van der Waals surface area contributed by atoms with Crippen LogP contribution in [0.1, 0.15) is 16.7 Å². The molecule has 0 radical (unpaired) electrons. The van der Waals surface area contributed by atoms with Crippen LogP contribution in [0.3, 0.4) is 0 Å². The van der Waals surface area contributed by atoms with Gasteiger partial charge in [-0.3, -0.25) is 4.79 Å². The Labute approximate surface area is 127 Å². The lowest BCUT2D eigenvalue weighted by atomic mass is 10.1. The minimum atomic E-state index is -0.415. The number of carbonyl (C=O) groups is 1. The molecule has 0 unspecified atom stereocenters. The Bertz CT molecular complexity index is 705. The van der Waals surface area contributed by atoms with Crippen LogP contribution in [-0.2, 0) is 22.6 Å². The minimum absolute atomic E-state index is 0.0255. The van der Waals surface area contributed by atoms with Crippen molar-refractivity contribution in [3.8, 4) is 11.8 Å². The van der Waals surface area contributed by atoms with E-state index in [2.05, 4.69) is 4.74 Å². The molecule has 0 bridgehead atoms. The molecule has 112 valence electrons. The Morgan fingerprint density at radius 2 is 1.95 bits per heavy atom. The molecule has 0 amide bonds. The van der Waals surface area contributed by atoms with Crippen LogP contribution in [0.15, 0.2) is 42.5 Å². The topological polar surface area (TPSA) is 59.3 Å². The fourth-order valence-corrected chi connectivity index (χ4v) is 1.86. The molecule has 2 rings (SSSR count). The van der Waals surface area contributed by atoms with Crippen molar-refractivity contribution in [3.05, 3.63) is 65.0 Å². The summed E-state index contributed by atoms with van der Waals surface area (Å²) >= 11 is 0. The van der Waals surface area contributed by atoms with E-state index in [0.29, 0.717) is 16.9 Å². The number of hydrogen-bond donors (Lipinski definition) is 0. The predicted molar refractivity (Wildman–Crippen MR) is 77.6 cm³/mol. The summed E-state index contributed by atoms with van der Waals surface area (Å²) in [4.78, 5) is 11.2. The van der Waals surface area contributed by atoms with Crippen LogP contribution in [0.2, 0.25) is 0 Å². The molecular weight excluding hydrogens is 285 g/mol. The van der Waals surface area contributed by atoms with Gasteiger partial charge < -0.3 is 9.47 Å². The number of methoxy groups -OCH3 is 1. The number of rotatable bonds is 5. The fourth-order valence-electron chi connectivity index (χ4n) is 1.86. The third kappa shape index (κ3) is 4.06. The number of benzene rings is 2. The summed E-state index contributed by atoms with van der Waals surface area (Å²) in [6.45, 7) is 0.0255. The van der Waals surface area contributed by atoms with Gasteiger partial charge in [-0.2, -0.15) is 5.26 Å². The van der Waals surface area contributed by atoms with E-state index in [1.807, 2.05) is 6.07 Å². The molecule has 0 aromatic heterocycles. The van der Waals surface area contributed by atoms with Gasteiger partial charge in [0.1, 0.15) is 18.2 Å². The quantitative estimate of drug-likeness (QED) is 0.796. The molecule has 0 spiro atoms. The Kier molecular flexibility index (Phi) is 5.10. The lowest BCUT2D eigenvalue weighted by Crippen LogP contribution is -2.04. The van der Waals surface area contributed by atoms with Crippen LogP contribution in [0.25, 0.3) is 0 Å². The van der Waals surface area contributed by atoms with Crippen LogP contribution in [0.5, 0.6) is 5.75 Å². The normalized spacial score (nSPS) is 9.86. The lowest BCUT2D eigenvalue weighted by molar-refractivity contribution is -0.139. The number of nitrogens with zero attached hydrogens (tertiary/aromatic N) is 1. The van der Waals surface area contributed by atoms with Gasteiger partial charge in [0, 0.05) is 5.56 Å². The largest absolute Gasteiger partial charge is 0.489 e. The van der Waals surface area contributed by atoms with Crippen molar-refractivity contribution in [2.24, 2.45) is 0 Å². The van der Waals surface area contributed by atoms with E-state index in [4.69, 9.17) is 10.00 Å².